The maximum absolute atomic E-state index is 12.3. The molecule has 1 amide bonds. The fourth-order valence-corrected chi connectivity index (χ4v) is 2.29. The van der Waals surface area contributed by atoms with E-state index in [1.54, 1.807) is 48.5 Å². The summed E-state index contributed by atoms with van der Waals surface area (Å²) in [5.41, 5.74) is 1.26. The lowest BCUT2D eigenvalue weighted by molar-refractivity contribution is -0.144. The number of halogens is 1. The Morgan fingerprint density at radius 2 is 1.79 bits per heavy atom. The molecule has 0 aliphatic rings. The van der Waals surface area contributed by atoms with Crippen molar-refractivity contribution in [2.24, 2.45) is 0 Å². The monoisotopic (exact) mass is 343 g/mol. The van der Waals surface area contributed by atoms with Crippen molar-refractivity contribution >= 4 is 23.5 Å². The Kier molecular flexibility index (Phi) is 6.58. The van der Waals surface area contributed by atoms with Crippen LogP contribution in [-0.2, 0) is 9.53 Å². The lowest BCUT2D eigenvalue weighted by atomic mass is 9.99. The molecule has 4 nitrogen and oxygen atoms in total. The predicted molar refractivity (Wildman–Crippen MR) is 94.1 cm³/mol. The molecule has 0 spiro atoms. The summed E-state index contributed by atoms with van der Waals surface area (Å²) in [5.74, 6) is -1.29. The molecule has 0 aliphatic carbocycles. The minimum Gasteiger partial charge on any atom is -0.461 e. The third-order valence-electron chi connectivity index (χ3n) is 3.40. The quantitative estimate of drug-likeness (QED) is 0.617. The van der Waals surface area contributed by atoms with Gasteiger partial charge in [0.05, 0.1) is 5.92 Å². The van der Waals surface area contributed by atoms with E-state index in [0.29, 0.717) is 10.6 Å². The minimum absolute atomic E-state index is 0.121. The number of esters is 1. The van der Waals surface area contributed by atoms with Crippen molar-refractivity contribution in [1.82, 2.24) is 5.32 Å². The smallest absolute Gasteiger partial charge is 0.315 e. The van der Waals surface area contributed by atoms with Crippen LogP contribution in [0.1, 0.15) is 21.8 Å². The molecule has 1 N–H and O–H groups in total. The Bertz CT molecular complexity index is 698. The first-order valence-corrected chi connectivity index (χ1v) is 7.86. The minimum atomic E-state index is -0.616. The average molecular weight is 344 g/mol. The van der Waals surface area contributed by atoms with Crippen LogP contribution in [0.5, 0.6) is 0 Å². The molecule has 24 heavy (non-hydrogen) atoms. The standard InChI is InChI=1S/C19H18ClNO3/c1-2-12-24-19(23)17(14-8-10-16(20)11-9-14)13-21-18(22)15-6-4-3-5-7-15/h2-11,17H,1,12-13H2,(H,21,22)/t17-/m0/s1. The molecule has 5 heteroatoms. The molecule has 2 aromatic rings. The highest BCUT2D eigenvalue weighted by Gasteiger charge is 2.23. The number of benzene rings is 2. The summed E-state index contributed by atoms with van der Waals surface area (Å²) >= 11 is 5.89. The van der Waals surface area contributed by atoms with Gasteiger partial charge in [-0.05, 0) is 29.8 Å². The van der Waals surface area contributed by atoms with Gasteiger partial charge in [0, 0.05) is 17.1 Å². The Balaban J connectivity index is 2.10. The molecule has 0 fully saturated rings. The first-order valence-electron chi connectivity index (χ1n) is 7.48. The molecule has 0 aliphatic heterocycles. The van der Waals surface area contributed by atoms with Gasteiger partial charge in [-0.25, -0.2) is 0 Å². The van der Waals surface area contributed by atoms with E-state index in [-0.39, 0.29) is 19.1 Å². The summed E-state index contributed by atoms with van der Waals surface area (Å²) < 4.78 is 5.13. The summed E-state index contributed by atoms with van der Waals surface area (Å²) in [7, 11) is 0. The molecule has 0 heterocycles. The summed E-state index contributed by atoms with van der Waals surface area (Å²) in [4.78, 5) is 24.5. The van der Waals surface area contributed by atoms with E-state index in [4.69, 9.17) is 16.3 Å². The number of hydrogen-bond acceptors (Lipinski definition) is 3. The molecule has 0 radical (unpaired) electrons. The van der Waals surface area contributed by atoms with Crippen LogP contribution in [0.15, 0.2) is 67.3 Å². The van der Waals surface area contributed by atoms with E-state index in [2.05, 4.69) is 11.9 Å². The van der Waals surface area contributed by atoms with Crippen molar-refractivity contribution in [3.05, 3.63) is 83.4 Å². The van der Waals surface area contributed by atoms with Crippen LogP contribution in [0, 0.1) is 0 Å². The number of carbonyl (C=O) groups excluding carboxylic acids is 2. The van der Waals surface area contributed by atoms with Gasteiger partial charge in [-0.15, -0.1) is 0 Å². The van der Waals surface area contributed by atoms with Gasteiger partial charge in [0.25, 0.3) is 5.91 Å². The first kappa shape index (κ1) is 17.8. The van der Waals surface area contributed by atoms with Gasteiger partial charge in [0.2, 0.25) is 0 Å². The highest BCUT2D eigenvalue weighted by atomic mass is 35.5. The van der Waals surface area contributed by atoms with Gasteiger partial charge in [-0.3, -0.25) is 9.59 Å². The fourth-order valence-electron chi connectivity index (χ4n) is 2.16. The number of rotatable bonds is 7. The Morgan fingerprint density at radius 3 is 2.42 bits per heavy atom. The number of nitrogens with one attached hydrogen (secondary N) is 1. The summed E-state index contributed by atoms with van der Waals surface area (Å²) in [5, 5.41) is 3.35. The van der Waals surface area contributed by atoms with Crippen LogP contribution in [0.25, 0.3) is 0 Å². The van der Waals surface area contributed by atoms with Gasteiger partial charge in [-0.1, -0.05) is 54.6 Å². The topological polar surface area (TPSA) is 55.4 Å². The molecular weight excluding hydrogens is 326 g/mol. The summed E-state index contributed by atoms with van der Waals surface area (Å²) in [6.45, 7) is 3.78. The number of amides is 1. The predicted octanol–water partition coefficient (Wildman–Crippen LogP) is 3.58. The van der Waals surface area contributed by atoms with E-state index in [9.17, 15) is 9.59 Å². The number of ether oxygens (including phenoxy) is 1. The van der Waals surface area contributed by atoms with Crippen LogP contribution < -0.4 is 5.32 Å². The third-order valence-corrected chi connectivity index (χ3v) is 3.66. The molecule has 0 bridgehead atoms. The zero-order chi connectivity index (χ0) is 17.4. The molecule has 0 unspecified atom stereocenters. The van der Waals surface area contributed by atoms with Gasteiger partial charge < -0.3 is 10.1 Å². The van der Waals surface area contributed by atoms with Crippen molar-refractivity contribution in [2.45, 2.75) is 5.92 Å². The van der Waals surface area contributed by atoms with E-state index >= 15 is 0 Å². The largest absolute Gasteiger partial charge is 0.461 e. The lowest BCUT2D eigenvalue weighted by Gasteiger charge is -2.17. The molecule has 0 saturated heterocycles. The Labute approximate surface area is 146 Å². The van der Waals surface area contributed by atoms with E-state index in [1.807, 2.05) is 6.07 Å². The average Bonchev–Trinajstić information content (AvgIpc) is 2.62. The van der Waals surface area contributed by atoms with Crippen molar-refractivity contribution in [3.8, 4) is 0 Å². The van der Waals surface area contributed by atoms with Gasteiger partial charge in [0.1, 0.15) is 6.61 Å². The molecular formula is C19H18ClNO3. The van der Waals surface area contributed by atoms with Gasteiger partial charge in [-0.2, -0.15) is 0 Å². The molecule has 124 valence electrons. The van der Waals surface area contributed by atoms with Crippen LogP contribution in [0.2, 0.25) is 5.02 Å². The van der Waals surface area contributed by atoms with Crippen LogP contribution in [-0.4, -0.2) is 25.0 Å². The number of carbonyl (C=O) groups is 2. The van der Waals surface area contributed by atoms with Crippen molar-refractivity contribution in [1.29, 1.82) is 0 Å². The van der Waals surface area contributed by atoms with Gasteiger partial charge in [0.15, 0.2) is 0 Å². The second kappa shape index (κ2) is 8.89. The normalized spacial score (nSPS) is 11.4. The lowest BCUT2D eigenvalue weighted by Crippen LogP contribution is -2.32. The highest BCUT2D eigenvalue weighted by molar-refractivity contribution is 6.30. The number of hydrogen-bond donors (Lipinski definition) is 1. The van der Waals surface area contributed by atoms with Crippen LogP contribution >= 0.6 is 11.6 Å². The summed E-state index contributed by atoms with van der Waals surface area (Å²) in [6.07, 6.45) is 1.50. The van der Waals surface area contributed by atoms with Crippen molar-refractivity contribution in [3.63, 3.8) is 0 Å². The zero-order valence-corrected chi connectivity index (χ0v) is 13.8. The van der Waals surface area contributed by atoms with Crippen molar-refractivity contribution in [2.75, 3.05) is 13.2 Å². The highest BCUT2D eigenvalue weighted by Crippen LogP contribution is 2.20. The molecule has 0 saturated carbocycles. The zero-order valence-electron chi connectivity index (χ0n) is 13.1. The molecule has 2 aromatic carbocycles. The van der Waals surface area contributed by atoms with E-state index in [1.165, 1.54) is 6.08 Å². The van der Waals surface area contributed by atoms with Crippen LogP contribution in [0.3, 0.4) is 0 Å². The Hall–Kier alpha value is -2.59. The maximum Gasteiger partial charge on any atom is 0.315 e. The van der Waals surface area contributed by atoms with Crippen LogP contribution in [0.4, 0.5) is 0 Å². The van der Waals surface area contributed by atoms with E-state index < -0.39 is 11.9 Å². The van der Waals surface area contributed by atoms with E-state index in [0.717, 1.165) is 5.56 Å². The van der Waals surface area contributed by atoms with Gasteiger partial charge >= 0.3 is 5.97 Å². The Morgan fingerprint density at radius 1 is 1.12 bits per heavy atom. The van der Waals surface area contributed by atoms with Crippen molar-refractivity contribution < 1.29 is 14.3 Å². The SMILES string of the molecule is C=CCOC(=O)[C@@H](CNC(=O)c1ccccc1)c1ccc(Cl)cc1. The summed E-state index contributed by atoms with van der Waals surface area (Å²) in [6, 6.07) is 15.7. The second-order valence-corrected chi connectivity index (χ2v) is 5.54. The molecule has 0 aromatic heterocycles. The molecule has 2 rings (SSSR count). The maximum atomic E-state index is 12.3. The molecule has 1 atom stereocenters. The third kappa shape index (κ3) is 4.96. The first-order chi connectivity index (χ1) is 11.6. The fraction of sp³-hybridized carbons (Fsp3) is 0.158. The second-order valence-electron chi connectivity index (χ2n) is 5.10.